The fraction of sp³-hybridized carbons (Fsp3) is 0.381. The highest BCUT2D eigenvalue weighted by molar-refractivity contribution is 5.94. The Morgan fingerprint density at radius 3 is 2.50 bits per heavy atom. The smallest absolute Gasteiger partial charge is 0.251 e. The Morgan fingerprint density at radius 1 is 1.12 bits per heavy atom. The van der Waals surface area contributed by atoms with E-state index in [4.69, 9.17) is 14.2 Å². The van der Waals surface area contributed by atoms with Crippen molar-refractivity contribution in [3.8, 4) is 5.75 Å². The van der Waals surface area contributed by atoms with Crippen molar-refractivity contribution >= 4 is 5.91 Å². The predicted octanol–water partition coefficient (Wildman–Crippen LogP) is 3.32. The maximum absolute atomic E-state index is 12.3. The number of ether oxygens (including phenoxy) is 3. The average molecular weight is 355 g/mol. The monoisotopic (exact) mass is 355 g/mol. The molecule has 0 aliphatic carbocycles. The zero-order valence-corrected chi connectivity index (χ0v) is 15.1. The van der Waals surface area contributed by atoms with Crippen LogP contribution in [0.1, 0.15) is 34.3 Å². The van der Waals surface area contributed by atoms with Crippen LogP contribution in [0.5, 0.6) is 5.75 Å². The molecule has 1 unspecified atom stereocenters. The van der Waals surface area contributed by atoms with Crippen molar-refractivity contribution in [2.24, 2.45) is 0 Å². The highest BCUT2D eigenvalue weighted by atomic mass is 16.5. The van der Waals surface area contributed by atoms with Gasteiger partial charge in [-0.1, -0.05) is 24.3 Å². The molecule has 1 aliphatic heterocycles. The molecule has 0 bridgehead atoms. The predicted molar refractivity (Wildman–Crippen MR) is 99.2 cm³/mol. The summed E-state index contributed by atoms with van der Waals surface area (Å²) in [5.41, 5.74) is 2.78. The largest absolute Gasteiger partial charge is 0.491 e. The number of hydrogen-bond acceptors (Lipinski definition) is 4. The van der Waals surface area contributed by atoms with Gasteiger partial charge in [0.25, 0.3) is 5.91 Å². The third-order valence-corrected chi connectivity index (χ3v) is 4.36. The minimum absolute atomic E-state index is 0.100. The van der Waals surface area contributed by atoms with Crippen LogP contribution in [0.25, 0.3) is 0 Å². The normalized spacial score (nSPS) is 16.4. The van der Waals surface area contributed by atoms with Gasteiger partial charge >= 0.3 is 0 Å². The molecule has 0 radical (unpaired) electrons. The summed E-state index contributed by atoms with van der Waals surface area (Å²) in [6.45, 7) is 2.46. The van der Waals surface area contributed by atoms with Crippen LogP contribution in [0.2, 0.25) is 0 Å². The fourth-order valence-electron chi connectivity index (χ4n) is 2.87. The molecule has 1 saturated heterocycles. The molecule has 3 rings (SSSR count). The molecule has 5 heteroatoms. The van der Waals surface area contributed by atoms with Gasteiger partial charge in [-0.3, -0.25) is 4.79 Å². The summed E-state index contributed by atoms with van der Waals surface area (Å²) < 4.78 is 16.3. The molecule has 2 aromatic carbocycles. The molecule has 5 nitrogen and oxygen atoms in total. The fourth-order valence-corrected chi connectivity index (χ4v) is 2.87. The van der Waals surface area contributed by atoms with Crippen LogP contribution >= 0.6 is 0 Å². The Labute approximate surface area is 154 Å². The number of benzene rings is 2. The average Bonchev–Trinajstić information content (AvgIpc) is 3.20. The summed E-state index contributed by atoms with van der Waals surface area (Å²) in [7, 11) is 1.67. The van der Waals surface area contributed by atoms with Crippen LogP contribution in [0.15, 0.2) is 48.5 Å². The van der Waals surface area contributed by atoms with E-state index in [9.17, 15) is 4.79 Å². The zero-order chi connectivity index (χ0) is 18.2. The molecule has 0 aromatic heterocycles. The molecule has 2 aromatic rings. The van der Waals surface area contributed by atoms with Gasteiger partial charge < -0.3 is 19.5 Å². The van der Waals surface area contributed by atoms with E-state index in [1.54, 1.807) is 19.2 Å². The van der Waals surface area contributed by atoms with Gasteiger partial charge in [-0.25, -0.2) is 0 Å². The summed E-state index contributed by atoms with van der Waals surface area (Å²) in [6.07, 6.45) is 2.34. The van der Waals surface area contributed by atoms with Crippen LogP contribution in [-0.4, -0.2) is 32.3 Å². The first-order valence-electron chi connectivity index (χ1n) is 8.94. The van der Waals surface area contributed by atoms with Crippen LogP contribution in [0, 0.1) is 0 Å². The number of carbonyl (C=O) groups is 1. The lowest BCUT2D eigenvalue weighted by atomic mass is 10.1. The van der Waals surface area contributed by atoms with Gasteiger partial charge in [0.2, 0.25) is 0 Å². The SMILES string of the molecule is COCc1ccc(CNC(=O)c2ccc(OCC3CCCO3)cc2)cc1. The Bertz CT molecular complexity index is 691. The van der Waals surface area contributed by atoms with Crippen molar-refractivity contribution in [2.45, 2.75) is 32.1 Å². The van der Waals surface area contributed by atoms with Crippen molar-refractivity contribution in [3.63, 3.8) is 0 Å². The molecule has 26 heavy (non-hydrogen) atoms. The first kappa shape index (κ1) is 18.4. The topological polar surface area (TPSA) is 56.8 Å². The van der Waals surface area contributed by atoms with Crippen molar-refractivity contribution in [3.05, 3.63) is 65.2 Å². The molecule has 1 atom stereocenters. The molecular weight excluding hydrogens is 330 g/mol. The summed E-state index contributed by atoms with van der Waals surface area (Å²) in [5.74, 6) is 0.655. The Kier molecular flexibility index (Phi) is 6.63. The lowest BCUT2D eigenvalue weighted by Crippen LogP contribution is -2.22. The van der Waals surface area contributed by atoms with Crippen molar-refractivity contribution < 1.29 is 19.0 Å². The van der Waals surface area contributed by atoms with E-state index in [0.717, 1.165) is 36.3 Å². The third kappa shape index (κ3) is 5.31. The number of hydrogen-bond donors (Lipinski definition) is 1. The number of rotatable bonds is 8. The first-order chi connectivity index (χ1) is 12.7. The molecule has 1 fully saturated rings. The number of methoxy groups -OCH3 is 1. The Morgan fingerprint density at radius 2 is 1.85 bits per heavy atom. The molecule has 1 amide bonds. The second kappa shape index (κ2) is 9.36. The van der Waals surface area contributed by atoms with Crippen LogP contribution in [-0.2, 0) is 22.6 Å². The quantitative estimate of drug-likeness (QED) is 0.789. The summed E-state index contributed by atoms with van der Waals surface area (Å²) in [4.78, 5) is 12.3. The second-order valence-electron chi connectivity index (χ2n) is 6.40. The summed E-state index contributed by atoms with van der Waals surface area (Å²) in [5, 5.41) is 2.93. The molecule has 1 N–H and O–H groups in total. The highest BCUT2D eigenvalue weighted by Gasteiger charge is 2.16. The molecule has 138 valence electrons. The molecule has 1 heterocycles. The van der Waals surface area contributed by atoms with Gasteiger partial charge in [0.05, 0.1) is 12.7 Å². The molecule has 0 spiro atoms. The van der Waals surface area contributed by atoms with Gasteiger partial charge in [-0.15, -0.1) is 0 Å². The minimum atomic E-state index is -0.100. The van der Waals surface area contributed by atoms with Crippen molar-refractivity contribution in [2.75, 3.05) is 20.3 Å². The van der Waals surface area contributed by atoms with Gasteiger partial charge in [-0.2, -0.15) is 0 Å². The van der Waals surface area contributed by atoms with E-state index in [1.807, 2.05) is 36.4 Å². The summed E-state index contributed by atoms with van der Waals surface area (Å²) in [6, 6.07) is 15.2. The van der Waals surface area contributed by atoms with Crippen molar-refractivity contribution in [1.82, 2.24) is 5.32 Å². The minimum Gasteiger partial charge on any atom is -0.491 e. The van der Waals surface area contributed by atoms with E-state index in [2.05, 4.69) is 5.32 Å². The Balaban J connectivity index is 1.46. The number of carbonyl (C=O) groups excluding carboxylic acids is 1. The lowest BCUT2D eigenvalue weighted by Gasteiger charge is -2.12. The van der Waals surface area contributed by atoms with Crippen LogP contribution < -0.4 is 10.1 Å². The van der Waals surface area contributed by atoms with Crippen molar-refractivity contribution in [1.29, 1.82) is 0 Å². The highest BCUT2D eigenvalue weighted by Crippen LogP contribution is 2.16. The molecule has 1 aliphatic rings. The van der Waals surface area contributed by atoms with E-state index in [-0.39, 0.29) is 12.0 Å². The van der Waals surface area contributed by atoms with E-state index < -0.39 is 0 Å². The van der Waals surface area contributed by atoms with Gasteiger partial charge in [0.15, 0.2) is 0 Å². The lowest BCUT2D eigenvalue weighted by molar-refractivity contribution is 0.0679. The van der Waals surface area contributed by atoms with E-state index in [0.29, 0.717) is 25.3 Å². The standard InChI is InChI=1S/C21H25NO4/c1-24-14-17-6-4-16(5-7-17)13-22-21(23)18-8-10-19(11-9-18)26-15-20-3-2-12-25-20/h4-11,20H,2-3,12-15H2,1H3,(H,22,23). The molecular formula is C21H25NO4. The maximum atomic E-state index is 12.3. The number of nitrogens with one attached hydrogen (secondary N) is 1. The molecule has 0 saturated carbocycles. The van der Waals surface area contributed by atoms with Crippen LogP contribution in [0.3, 0.4) is 0 Å². The maximum Gasteiger partial charge on any atom is 0.251 e. The van der Waals surface area contributed by atoms with Gasteiger partial charge in [-0.05, 0) is 48.2 Å². The van der Waals surface area contributed by atoms with Crippen LogP contribution in [0.4, 0.5) is 0 Å². The van der Waals surface area contributed by atoms with E-state index >= 15 is 0 Å². The van der Waals surface area contributed by atoms with Gasteiger partial charge in [0, 0.05) is 25.8 Å². The third-order valence-electron chi connectivity index (χ3n) is 4.36. The summed E-state index contributed by atoms with van der Waals surface area (Å²) >= 11 is 0. The zero-order valence-electron chi connectivity index (χ0n) is 15.1. The second-order valence-corrected chi connectivity index (χ2v) is 6.40. The number of amides is 1. The Hall–Kier alpha value is -2.37. The van der Waals surface area contributed by atoms with E-state index in [1.165, 1.54) is 0 Å². The van der Waals surface area contributed by atoms with Gasteiger partial charge in [0.1, 0.15) is 12.4 Å². The first-order valence-corrected chi connectivity index (χ1v) is 8.94.